The summed E-state index contributed by atoms with van der Waals surface area (Å²) < 4.78 is 6.47. The standard InChI is InChI=1S/C12H14N4O3/c1-3-10-13-8(7-19-2)6-11(14-10)16-5-4-9(15-16)12(17)18/h4-6H,3,7H2,1-2H3,(H,17,18). The van der Waals surface area contributed by atoms with Gasteiger partial charge in [-0.05, 0) is 6.07 Å². The van der Waals surface area contributed by atoms with Gasteiger partial charge in [0.25, 0.3) is 0 Å². The van der Waals surface area contributed by atoms with E-state index in [0.717, 1.165) is 5.69 Å². The van der Waals surface area contributed by atoms with Crippen LogP contribution >= 0.6 is 0 Å². The van der Waals surface area contributed by atoms with Gasteiger partial charge in [-0.3, -0.25) is 0 Å². The zero-order chi connectivity index (χ0) is 13.8. The number of methoxy groups -OCH3 is 1. The molecule has 0 aliphatic rings. The van der Waals surface area contributed by atoms with Gasteiger partial charge in [0.1, 0.15) is 5.82 Å². The van der Waals surface area contributed by atoms with Crippen molar-refractivity contribution < 1.29 is 14.6 Å². The number of aromatic nitrogens is 4. The first kappa shape index (κ1) is 13.2. The lowest BCUT2D eigenvalue weighted by atomic mass is 10.3. The molecule has 0 amide bonds. The number of carboxylic acid groups (broad SMARTS) is 1. The van der Waals surface area contributed by atoms with Crippen LogP contribution in [0.25, 0.3) is 5.82 Å². The second-order valence-electron chi connectivity index (χ2n) is 3.87. The Balaban J connectivity index is 2.41. The van der Waals surface area contributed by atoms with Gasteiger partial charge in [-0.1, -0.05) is 6.92 Å². The molecule has 0 fully saturated rings. The van der Waals surface area contributed by atoms with Gasteiger partial charge < -0.3 is 9.84 Å². The van der Waals surface area contributed by atoms with E-state index in [4.69, 9.17) is 9.84 Å². The minimum Gasteiger partial charge on any atom is -0.476 e. The van der Waals surface area contributed by atoms with Crippen molar-refractivity contribution in [2.24, 2.45) is 0 Å². The normalized spacial score (nSPS) is 10.6. The van der Waals surface area contributed by atoms with Crippen LogP contribution in [0.4, 0.5) is 0 Å². The van der Waals surface area contributed by atoms with E-state index in [1.807, 2.05) is 6.92 Å². The average molecular weight is 262 g/mol. The van der Waals surface area contributed by atoms with E-state index in [1.54, 1.807) is 19.4 Å². The molecule has 0 aliphatic carbocycles. The first-order valence-electron chi connectivity index (χ1n) is 5.79. The lowest BCUT2D eigenvalue weighted by Crippen LogP contribution is -2.07. The van der Waals surface area contributed by atoms with E-state index < -0.39 is 5.97 Å². The van der Waals surface area contributed by atoms with Gasteiger partial charge in [-0.25, -0.2) is 19.4 Å². The highest BCUT2D eigenvalue weighted by Crippen LogP contribution is 2.09. The summed E-state index contributed by atoms with van der Waals surface area (Å²) in [5, 5.41) is 12.8. The largest absolute Gasteiger partial charge is 0.476 e. The van der Waals surface area contributed by atoms with Crippen LogP contribution in [0.1, 0.15) is 28.9 Å². The fourth-order valence-electron chi connectivity index (χ4n) is 1.60. The van der Waals surface area contributed by atoms with Gasteiger partial charge >= 0.3 is 5.97 Å². The molecule has 2 aromatic rings. The molecule has 0 saturated carbocycles. The van der Waals surface area contributed by atoms with Crippen molar-refractivity contribution in [3.63, 3.8) is 0 Å². The van der Waals surface area contributed by atoms with E-state index in [1.165, 1.54) is 10.7 Å². The SMILES string of the molecule is CCc1nc(COC)cc(-n2ccc(C(=O)O)n2)n1. The van der Waals surface area contributed by atoms with Gasteiger partial charge in [0.15, 0.2) is 11.5 Å². The first-order chi connectivity index (χ1) is 9.13. The van der Waals surface area contributed by atoms with Crippen LogP contribution in [0.3, 0.4) is 0 Å². The second-order valence-corrected chi connectivity index (χ2v) is 3.87. The van der Waals surface area contributed by atoms with Crippen LogP contribution in [-0.4, -0.2) is 37.9 Å². The molecule has 2 aromatic heterocycles. The Morgan fingerprint density at radius 3 is 2.84 bits per heavy atom. The van der Waals surface area contributed by atoms with Crippen LogP contribution in [0, 0.1) is 0 Å². The average Bonchev–Trinajstić information content (AvgIpc) is 2.88. The molecular weight excluding hydrogens is 248 g/mol. The van der Waals surface area contributed by atoms with Gasteiger partial charge in [0.2, 0.25) is 0 Å². The molecule has 0 radical (unpaired) electrons. The molecule has 0 atom stereocenters. The van der Waals surface area contributed by atoms with Crippen molar-refractivity contribution in [3.05, 3.63) is 35.5 Å². The Bertz CT molecular complexity index is 594. The van der Waals surface area contributed by atoms with E-state index in [9.17, 15) is 4.79 Å². The van der Waals surface area contributed by atoms with E-state index in [-0.39, 0.29) is 5.69 Å². The molecule has 0 aliphatic heterocycles. The number of hydrogen-bond acceptors (Lipinski definition) is 5. The van der Waals surface area contributed by atoms with Crippen molar-refractivity contribution in [2.45, 2.75) is 20.0 Å². The van der Waals surface area contributed by atoms with Crippen LogP contribution < -0.4 is 0 Å². The highest BCUT2D eigenvalue weighted by Gasteiger charge is 2.10. The molecule has 0 bridgehead atoms. The summed E-state index contributed by atoms with van der Waals surface area (Å²) in [4.78, 5) is 19.4. The number of hydrogen-bond donors (Lipinski definition) is 1. The minimum absolute atomic E-state index is 0.0232. The maximum absolute atomic E-state index is 10.8. The van der Waals surface area contributed by atoms with Gasteiger partial charge in [0, 0.05) is 25.8 Å². The van der Waals surface area contributed by atoms with Crippen LogP contribution in [0.2, 0.25) is 0 Å². The molecule has 0 spiro atoms. The number of carboxylic acids is 1. The molecular formula is C12H14N4O3. The summed E-state index contributed by atoms with van der Waals surface area (Å²) in [6.07, 6.45) is 2.24. The van der Waals surface area contributed by atoms with Crippen LogP contribution in [0.15, 0.2) is 18.3 Å². The Kier molecular flexibility index (Phi) is 3.86. The maximum atomic E-state index is 10.8. The molecule has 1 N–H and O–H groups in total. The highest BCUT2D eigenvalue weighted by molar-refractivity contribution is 5.85. The molecule has 7 nitrogen and oxygen atoms in total. The Morgan fingerprint density at radius 1 is 1.47 bits per heavy atom. The quantitative estimate of drug-likeness (QED) is 0.866. The fraction of sp³-hybridized carbons (Fsp3) is 0.333. The van der Waals surface area contributed by atoms with Crippen LogP contribution in [-0.2, 0) is 17.8 Å². The Morgan fingerprint density at radius 2 is 2.26 bits per heavy atom. The highest BCUT2D eigenvalue weighted by atomic mass is 16.5. The number of aromatic carboxylic acids is 1. The van der Waals surface area contributed by atoms with Crippen molar-refractivity contribution in [1.82, 2.24) is 19.7 Å². The predicted octanol–water partition coefficient (Wildman–Crippen LogP) is 1.07. The lowest BCUT2D eigenvalue weighted by Gasteiger charge is -2.06. The van der Waals surface area contributed by atoms with E-state index in [0.29, 0.717) is 24.7 Å². The van der Waals surface area contributed by atoms with Crippen molar-refractivity contribution >= 4 is 5.97 Å². The van der Waals surface area contributed by atoms with Gasteiger partial charge in [0.05, 0.1) is 12.3 Å². The molecule has 19 heavy (non-hydrogen) atoms. The summed E-state index contributed by atoms with van der Waals surface area (Å²) in [6.45, 7) is 2.32. The van der Waals surface area contributed by atoms with E-state index >= 15 is 0 Å². The number of nitrogens with zero attached hydrogens (tertiary/aromatic N) is 4. The van der Waals surface area contributed by atoms with E-state index in [2.05, 4.69) is 15.1 Å². The topological polar surface area (TPSA) is 90.1 Å². The zero-order valence-electron chi connectivity index (χ0n) is 10.7. The smallest absolute Gasteiger partial charge is 0.356 e. The molecule has 2 heterocycles. The van der Waals surface area contributed by atoms with Crippen molar-refractivity contribution in [2.75, 3.05) is 7.11 Å². The summed E-state index contributed by atoms with van der Waals surface area (Å²) in [6, 6.07) is 3.15. The molecule has 7 heteroatoms. The number of aryl methyl sites for hydroxylation is 1. The summed E-state index contributed by atoms with van der Waals surface area (Å²) in [7, 11) is 1.59. The minimum atomic E-state index is -1.07. The van der Waals surface area contributed by atoms with Crippen molar-refractivity contribution in [1.29, 1.82) is 0 Å². The molecule has 0 unspecified atom stereocenters. The summed E-state index contributed by atoms with van der Waals surface area (Å²) in [5.41, 5.74) is 0.710. The zero-order valence-corrected chi connectivity index (χ0v) is 10.7. The third-order valence-corrected chi connectivity index (χ3v) is 2.46. The number of carbonyl (C=O) groups is 1. The number of ether oxygens (including phenoxy) is 1. The predicted molar refractivity (Wildman–Crippen MR) is 66.2 cm³/mol. The van der Waals surface area contributed by atoms with Crippen molar-refractivity contribution in [3.8, 4) is 5.82 Å². The van der Waals surface area contributed by atoms with Crippen LogP contribution in [0.5, 0.6) is 0 Å². The number of rotatable bonds is 5. The molecule has 2 rings (SSSR count). The lowest BCUT2D eigenvalue weighted by molar-refractivity contribution is 0.0690. The monoisotopic (exact) mass is 262 g/mol. The third-order valence-electron chi connectivity index (χ3n) is 2.46. The fourth-order valence-corrected chi connectivity index (χ4v) is 1.60. The maximum Gasteiger partial charge on any atom is 0.356 e. The third kappa shape index (κ3) is 2.94. The van der Waals surface area contributed by atoms with Gasteiger partial charge in [-0.2, -0.15) is 5.10 Å². The molecule has 0 aromatic carbocycles. The summed E-state index contributed by atoms with van der Waals surface area (Å²) in [5.74, 6) is 0.129. The molecule has 100 valence electrons. The molecule has 0 saturated heterocycles. The Labute approximate surface area is 109 Å². The Hall–Kier alpha value is -2.28. The second kappa shape index (κ2) is 5.57. The first-order valence-corrected chi connectivity index (χ1v) is 5.79. The summed E-state index contributed by atoms with van der Waals surface area (Å²) >= 11 is 0. The van der Waals surface area contributed by atoms with Gasteiger partial charge in [-0.15, -0.1) is 0 Å².